The lowest BCUT2D eigenvalue weighted by Crippen LogP contribution is -2.31. The number of nitriles is 1. The van der Waals surface area contributed by atoms with Gasteiger partial charge in [0.15, 0.2) is 0 Å². The summed E-state index contributed by atoms with van der Waals surface area (Å²) in [7, 11) is 2.04. The van der Waals surface area contributed by atoms with E-state index in [0.717, 1.165) is 11.4 Å². The molecule has 0 amide bonds. The van der Waals surface area contributed by atoms with Gasteiger partial charge in [0.05, 0.1) is 16.3 Å². The Balaban J connectivity index is 2.32. The van der Waals surface area contributed by atoms with Crippen molar-refractivity contribution < 1.29 is 0 Å². The van der Waals surface area contributed by atoms with Crippen molar-refractivity contribution in [2.24, 2.45) is 0 Å². The second-order valence-corrected chi connectivity index (χ2v) is 5.43. The van der Waals surface area contributed by atoms with Crippen LogP contribution in [0.1, 0.15) is 12.0 Å². The third kappa shape index (κ3) is 2.14. The summed E-state index contributed by atoms with van der Waals surface area (Å²) in [5.41, 5.74) is 1.53. The zero-order chi connectivity index (χ0) is 11.5. The first kappa shape index (κ1) is 11.6. The summed E-state index contributed by atoms with van der Waals surface area (Å²) in [6, 6.07) is 8.34. The van der Waals surface area contributed by atoms with Crippen LogP contribution in [0.25, 0.3) is 0 Å². The highest BCUT2D eigenvalue weighted by Crippen LogP contribution is 2.31. The SMILES string of the molecule is CN(c1cccc(Cl)c1C#N)C1CCSC1. The molecule has 2 nitrogen and oxygen atoms in total. The second kappa shape index (κ2) is 4.99. The lowest BCUT2D eigenvalue weighted by molar-refractivity contribution is 0.699. The van der Waals surface area contributed by atoms with E-state index in [4.69, 9.17) is 16.9 Å². The summed E-state index contributed by atoms with van der Waals surface area (Å²) in [5.74, 6) is 2.34. The van der Waals surface area contributed by atoms with Gasteiger partial charge in [0, 0.05) is 18.8 Å². The molecule has 1 aromatic carbocycles. The molecule has 0 spiro atoms. The molecule has 0 bridgehead atoms. The van der Waals surface area contributed by atoms with E-state index in [9.17, 15) is 0 Å². The largest absolute Gasteiger partial charge is 0.370 e. The van der Waals surface area contributed by atoms with Crippen LogP contribution in [0.4, 0.5) is 5.69 Å². The van der Waals surface area contributed by atoms with Crippen molar-refractivity contribution in [3.63, 3.8) is 0 Å². The summed E-state index contributed by atoms with van der Waals surface area (Å²) in [4.78, 5) is 2.18. The van der Waals surface area contributed by atoms with Crippen LogP contribution in [0.5, 0.6) is 0 Å². The molecule has 1 fully saturated rings. The third-order valence-electron chi connectivity index (χ3n) is 2.94. The van der Waals surface area contributed by atoms with Crippen LogP contribution < -0.4 is 4.90 Å². The monoisotopic (exact) mass is 252 g/mol. The molecule has 1 aliphatic rings. The maximum Gasteiger partial charge on any atom is 0.103 e. The Morgan fingerprint density at radius 3 is 3.00 bits per heavy atom. The van der Waals surface area contributed by atoms with Gasteiger partial charge in [-0.25, -0.2) is 0 Å². The molecule has 2 rings (SSSR count). The van der Waals surface area contributed by atoms with Crippen molar-refractivity contribution in [1.29, 1.82) is 5.26 Å². The number of benzene rings is 1. The first-order valence-corrected chi connectivity index (χ1v) is 6.76. The topological polar surface area (TPSA) is 27.0 Å². The minimum Gasteiger partial charge on any atom is -0.370 e. The van der Waals surface area contributed by atoms with Crippen molar-refractivity contribution in [2.45, 2.75) is 12.5 Å². The van der Waals surface area contributed by atoms with Crippen molar-refractivity contribution in [3.8, 4) is 6.07 Å². The Bertz CT molecular complexity index is 422. The molecule has 16 heavy (non-hydrogen) atoms. The highest BCUT2D eigenvalue weighted by molar-refractivity contribution is 7.99. The van der Waals surface area contributed by atoms with Crippen molar-refractivity contribution in [2.75, 3.05) is 23.5 Å². The highest BCUT2D eigenvalue weighted by Gasteiger charge is 2.22. The van der Waals surface area contributed by atoms with Crippen molar-refractivity contribution in [1.82, 2.24) is 0 Å². The molecule has 4 heteroatoms. The quantitative estimate of drug-likeness (QED) is 0.809. The molecule has 84 valence electrons. The third-order valence-corrected chi connectivity index (χ3v) is 4.40. The number of hydrogen-bond acceptors (Lipinski definition) is 3. The van der Waals surface area contributed by atoms with E-state index in [0.29, 0.717) is 16.6 Å². The number of anilines is 1. The number of halogens is 1. The summed E-state index contributed by atoms with van der Waals surface area (Å²) >= 11 is 7.99. The molecule has 1 atom stereocenters. The van der Waals surface area contributed by atoms with Crippen LogP contribution >= 0.6 is 23.4 Å². The average molecular weight is 253 g/mol. The van der Waals surface area contributed by atoms with E-state index in [1.807, 2.05) is 30.9 Å². The minimum atomic E-state index is 0.524. The van der Waals surface area contributed by atoms with Crippen LogP contribution in [-0.4, -0.2) is 24.6 Å². The standard InChI is InChI=1S/C12H13ClN2S/c1-15(9-5-6-16-8-9)12-4-2-3-11(13)10(12)7-14/h2-4,9H,5-6,8H2,1H3. The maximum atomic E-state index is 9.12. The van der Waals surface area contributed by atoms with Gasteiger partial charge < -0.3 is 4.90 Å². The fourth-order valence-electron chi connectivity index (χ4n) is 1.94. The zero-order valence-corrected chi connectivity index (χ0v) is 10.7. The first-order chi connectivity index (χ1) is 7.74. The zero-order valence-electron chi connectivity index (χ0n) is 9.11. The Morgan fingerprint density at radius 1 is 1.56 bits per heavy atom. The predicted octanol–water partition coefficient (Wildman–Crippen LogP) is 3.15. The maximum absolute atomic E-state index is 9.12. The normalized spacial score (nSPS) is 19.4. The van der Waals surface area contributed by atoms with Crippen LogP contribution in [0.2, 0.25) is 5.02 Å². The number of rotatable bonds is 2. The van der Waals surface area contributed by atoms with E-state index >= 15 is 0 Å². The van der Waals surface area contributed by atoms with Gasteiger partial charge in [-0.15, -0.1) is 0 Å². The van der Waals surface area contributed by atoms with E-state index in [1.54, 1.807) is 6.07 Å². The summed E-state index contributed by atoms with van der Waals surface area (Å²) in [6.45, 7) is 0. The molecule has 0 radical (unpaired) electrons. The second-order valence-electron chi connectivity index (χ2n) is 3.87. The van der Waals surface area contributed by atoms with Crippen LogP contribution in [0.3, 0.4) is 0 Å². The van der Waals surface area contributed by atoms with Crippen LogP contribution in [0, 0.1) is 11.3 Å². The molecule has 1 unspecified atom stereocenters. The van der Waals surface area contributed by atoms with Gasteiger partial charge in [-0.3, -0.25) is 0 Å². The minimum absolute atomic E-state index is 0.524. The van der Waals surface area contributed by atoms with Gasteiger partial charge in [-0.05, 0) is 24.3 Å². The van der Waals surface area contributed by atoms with E-state index < -0.39 is 0 Å². The molecule has 1 aromatic rings. The van der Waals surface area contributed by atoms with Crippen molar-refractivity contribution >= 4 is 29.1 Å². The summed E-state index contributed by atoms with van der Waals surface area (Å²) in [5, 5.41) is 9.66. The van der Waals surface area contributed by atoms with Gasteiger partial charge >= 0.3 is 0 Å². The summed E-state index contributed by atoms with van der Waals surface area (Å²) < 4.78 is 0. The molecule has 0 saturated carbocycles. The van der Waals surface area contributed by atoms with Crippen LogP contribution in [-0.2, 0) is 0 Å². The molecule has 1 heterocycles. The Morgan fingerprint density at radius 2 is 2.38 bits per heavy atom. The van der Waals surface area contributed by atoms with Gasteiger partial charge in [-0.1, -0.05) is 17.7 Å². The molecule has 1 aliphatic heterocycles. The number of hydrogen-bond donors (Lipinski definition) is 0. The molecule has 0 aliphatic carbocycles. The molecule has 0 N–H and O–H groups in total. The van der Waals surface area contributed by atoms with Crippen LogP contribution in [0.15, 0.2) is 18.2 Å². The van der Waals surface area contributed by atoms with E-state index in [1.165, 1.54) is 12.2 Å². The Labute approximate surface area is 105 Å². The van der Waals surface area contributed by atoms with Gasteiger partial charge in [0.25, 0.3) is 0 Å². The average Bonchev–Trinajstić information content (AvgIpc) is 2.81. The van der Waals surface area contributed by atoms with Gasteiger partial charge in [-0.2, -0.15) is 17.0 Å². The predicted molar refractivity (Wildman–Crippen MR) is 70.3 cm³/mol. The van der Waals surface area contributed by atoms with E-state index in [2.05, 4.69) is 11.0 Å². The fraction of sp³-hybridized carbons (Fsp3) is 0.417. The molecule has 1 saturated heterocycles. The Kier molecular flexibility index (Phi) is 3.63. The molecule has 0 aromatic heterocycles. The number of nitrogens with zero attached hydrogens (tertiary/aromatic N) is 2. The smallest absolute Gasteiger partial charge is 0.103 e. The number of thioether (sulfide) groups is 1. The van der Waals surface area contributed by atoms with Crippen molar-refractivity contribution in [3.05, 3.63) is 28.8 Å². The molecular weight excluding hydrogens is 240 g/mol. The van der Waals surface area contributed by atoms with Gasteiger partial charge in [0.2, 0.25) is 0 Å². The highest BCUT2D eigenvalue weighted by atomic mass is 35.5. The Hall–Kier alpha value is -0.850. The van der Waals surface area contributed by atoms with E-state index in [-0.39, 0.29) is 0 Å². The first-order valence-electron chi connectivity index (χ1n) is 5.23. The lowest BCUT2D eigenvalue weighted by Gasteiger charge is -2.27. The molecular formula is C12H13ClN2S. The lowest BCUT2D eigenvalue weighted by atomic mass is 10.1. The van der Waals surface area contributed by atoms with Gasteiger partial charge in [0.1, 0.15) is 6.07 Å². The summed E-state index contributed by atoms with van der Waals surface area (Å²) in [6.07, 6.45) is 1.18. The fourth-order valence-corrected chi connectivity index (χ4v) is 3.42.